The average Bonchev–Trinajstić information content (AvgIpc) is 3.05. The maximum absolute atomic E-state index is 13.2. The van der Waals surface area contributed by atoms with E-state index in [1.165, 1.54) is 17.0 Å². The first-order valence-electron chi connectivity index (χ1n) is 9.06. The molecule has 154 valence electrons. The minimum absolute atomic E-state index is 0.0505. The molecule has 0 saturated heterocycles. The minimum Gasteiger partial charge on any atom is -0.508 e. The van der Waals surface area contributed by atoms with Gasteiger partial charge in [-0.25, -0.2) is 17.4 Å². The van der Waals surface area contributed by atoms with E-state index in [-0.39, 0.29) is 27.1 Å². The van der Waals surface area contributed by atoms with E-state index < -0.39 is 15.6 Å². The summed E-state index contributed by atoms with van der Waals surface area (Å²) in [6.07, 6.45) is 1.29. The van der Waals surface area contributed by atoms with Gasteiger partial charge in [0.05, 0.1) is 16.8 Å². The number of rotatable bonds is 4. The molecule has 0 radical (unpaired) electrons. The first-order valence-corrected chi connectivity index (χ1v) is 11.5. The van der Waals surface area contributed by atoms with Gasteiger partial charge < -0.3 is 5.11 Å². The highest BCUT2D eigenvalue weighted by molar-refractivity contribution is 9.10. The van der Waals surface area contributed by atoms with Gasteiger partial charge in [-0.05, 0) is 53.0 Å². The van der Waals surface area contributed by atoms with Crippen LogP contribution in [0.5, 0.6) is 5.75 Å². The van der Waals surface area contributed by atoms with Crippen molar-refractivity contribution in [2.75, 3.05) is 0 Å². The molecule has 2 heterocycles. The van der Waals surface area contributed by atoms with Crippen LogP contribution in [0.3, 0.4) is 0 Å². The lowest BCUT2D eigenvalue weighted by Crippen LogP contribution is -2.22. The van der Waals surface area contributed by atoms with Gasteiger partial charge in [0.1, 0.15) is 16.7 Å². The third-order valence-corrected chi connectivity index (χ3v) is 7.39. The van der Waals surface area contributed by atoms with Crippen molar-refractivity contribution in [2.24, 2.45) is 0 Å². The monoisotopic (exact) mass is 487 g/mol. The third kappa shape index (κ3) is 3.33. The Morgan fingerprint density at radius 3 is 2.50 bits per heavy atom. The maximum Gasteiger partial charge on any atom is 0.267 e. The fourth-order valence-electron chi connectivity index (χ4n) is 3.50. The molecule has 0 aliphatic rings. The fourth-order valence-corrected chi connectivity index (χ4v) is 6.02. The van der Waals surface area contributed by atoms with Crippen molar-refractivity contribution < 1.29 is 13.5 Å². The van der Waals surface area contributed by atoms with E-state index in [1.54, 1.807) is 43.3 Å². The second kappa shape index (κ2) is 7.41. The summed E-state index contributed by atoms with van der Waals surface area (Å²) < 4.78 is 28.7. The highest BCUT2D eigenvalue weighted by Gasteiger charge is 2.24. The van der Waals surface area contributed by atoms with Crippen molar-refractivity contribution in [2.45, 2.75) is 19.6 Å². The Morgan fingerprint density at radius 2 is 1.80 bits per heavy atom. The predicted octanol–water partition coefficient (Wildman–Crippen LogP) is 3.65. The molecule has 4 rings (SSSR count). The van der Waals surface area contributed by atoms with Gasteiger partial charge in [0, 0.05) is 5.56 Å². The standard InChI is InChI=1S/C21H18BrN3O4S/c1-13-8-9-17(26)14(2)19(13)24-12-23-20-16(21(24)27)10-18(22)25(20)30(28,29)11-15-6-4-3-5-7-15/h3-10,12,26H,11H2,1-2H3. The number of halogens is 1. The van der Waals surface area contributed by atoms with Crippen LogP contribution in [0.1, 0.15) is 16.7 Å². The number of benzene rings is 2. The number of nitrogens with zero attached hydrogens (tertiary/aromatic N) is 3. The SMILES string of the molecule is Cc1ccc(O)c(C)c1-n1cnc2c(cc(Br)n2S(=O)(=O)Cc2ccccc2)c1=O. The van der Waals surface area contributed by atoms with E-state index in [4.69, 9.17) is 0 Å². The Kier molecular flexibility index (Phi) is 5.03. The molecule has 0 saturated carbocycles. The van der Waals surface area contributed by atoms with E-state index in [9.17, 15) is 18.3 Å². The lowest BCUT2D eigenvalue weighted by atomic mass is 10.1. The molecule has 7 nitrogen and oxygen atoms in total. The van der Waals surface area contributed by atoms with Crippen LogP contribution in [0.2, 0.25) is 0 Å². The second-order valence-corrected chi connectivity index (χ2v) is 9.64. The number of aromatic nitrogens is 3. The molecular weight excluding hydrogens is 470 g/mol. The summed E-state index contributed by atoms with van der Waals surface area (Å²) in [4.78, 5) is 17.5. The number of hydrogen-bond acceptors (Lipinski definition) is 5. The topological polar surface area (TPSA) is 94.2 Å². The van der Waals surface area contributed by atoms with Crippen LogP contribution in [-0.2, 0) is 15.8 Å². The first kappa shape index (κ1) is 20.4. The average molecular weight is 488 g/mol. The summed E-state index contributed by atoms with van der Waals surface area (Å²) in [6, 6.07) is 13.5. The smallest absolute Gasteiger partial charge is 0.267 e. The molecule has 0 bridgehead atoms. The van der Waals surface area contributed by atoms with Crippen molar-refractivity contribution in [3.8, 4) is 11.4 Å². The molecule has 1 N–H and O–H groups in total. The van der Waals surface area contributed by atoms with E-state index >= 15 is 0 Å². The van der Waals surface area contributed by atoms with Crippen LogP contribution in [0.15, 0.2) is 64.3 Å². The van der Waals surface area contributed by atoms with Crippen LogP contribution in [0, 0.1) is 13.8 Å². The summed E-state index contributed by atoms with van der Waals surface area (Å²) in [5.74, 6) is -0.169. The molecular formula is C21H18BrN3O4S. The summed E-state index contributed by atoms with van der Waals surface area (Å²) >= 11 is 3.27. The highest BCUT2D eigenvalue weighted by atomic mass is 79.9. The number of hydrogen-bond donors (Lipinski definition) is 1. The third-order valence-electron chi connectivity index (χ3n) is 4.95. The summed E-state index contributed by atoms with van der Waals surface area (Å²) in [5.41, 5.74) is 2.09. The van der Waals surface area contributed by atoms with E-state index in [0.717, 1.165) is 9.54 Å². The van der Waals surface area contributed by atoms with Gasteiger partial charge in [-0.1, -0.05) is 36.4 Å². The Bertz CT molecular complexity index is 1440. The molecule has 0 amide bonds. The van der Waals surface area contributed by atoms with Crippen LogP contribution in [0.4, 0.5) is 0 Å². The molecule has 9 heteroatoms. The summed E-state index contributed by atoms with van der Waals surface area (Å²) in [7, 11) is -3.83. The van der Waals surface area contributed by atoms with Crippen LogP contribution >= 0.6 is 15.9 Å². The van der Waals surface area contributed by atoms with Gasteiger partial charge in [0.2, 0.25) is 10.0 Å². The second-order valence-electron chi connectivity index (χ2n) is 7.01. The first-order chi connectivity index (χ1) is 14.2. The van der Waals surface area contributed by atoms with Crippen LogP contribution < -0.4 is 5.56 Å². The van der Waals surface area contributed by atoms with Crippen molar-refractivity contribution in [3.05, 3.63) is 86.5 Å². The van der Waals surface area contributed by atoms with Crippen molar-refractivity contribution in [1.82, 2.24) is 13.5 Å². The lowest BCUT2D eigenvalue weighted by Gasteiger charge is -2.14. The van der Waals surface area contributed by atoms with Gasteiger partial charge in [0.25, 0.3) is 5.56 Å². The maximum atomic E-state index is 13.2. The Balaban J connectivity index is 1.91. The highest BCUT2D eigenvalue weighted by Crippen LogP contribution is 2.28. The summed E-state index contributed by atoms with van der Waals surface area (Å²) in [6.45, 7) is 3.53. The molecule has 2 aromatic heterocycles. The van der Waals surface area contributed by atoms with Gasteiger partial charge >= 0.3 is 0 Å². The zero-order chi connectivity index (χ0) is 21.6. The minimum atomic E-state index is -3.83. The number of fused-ring (bicyclic) bond motifs is 1. The molecule has 0 fully saturated rings. The molecule has 0 aliphatic carbocycles. The molecule has 4 aromatic rings. The zero-order valence-corrected chi connectivity index (χ0v) is 18.6. The molecule has 0 spiro atoms. The number of aryl methyl sites for hydroxylation is 1. The molecule has 0 unspecified atom stereocenters. The fraction of sp³-hybridized carbons (Fsp3) is 0.143. The zero-order valence-electron chi connectivity index (χ0n) is 16.2. The van der Waals surface area contributed by atoms with Crippen molar-refractivity contribution >= 4 is 37.0 Å². The van der Waals surface area contributed by atoms with Gasteiger partial charge in [-0.2, -0.15) is 0 Å². The Labute approximate surface area is 181 Å². The van der Waals surface area contributed by atoms with E-state index in [2.05, 4.69) is 20.9 Å². The van der Waals surface area contributed by atoms with Gasteiger partial charge in [-0.3, -0.25) is 9.36 Å². The molecule has 30 heavy (non-hydrogen) atoms. The Morgan fingerprint density at radius 1 is 1.10 bits per heavy atom. The van der Waals surface area contributed by atoms with Crippen LogP contribution in [-0.4, -0.2) is 27.0 Å². The van der Waals surface area contributed by atoms with Gasteiger partial charge in [-0.15, -0.1) is 0 Å². The van der Waals surface area contributed by atoms with E-state index in [0.29, 0.717) is 16.8 Å². The van der Waals surface area contributed by atoms with E-state index in [1.807, 2.05) is 13.0 Å². The lowest BCUT2D eigenvalue weighted by molar-refractivity contribution is 0.470. The molecule has 0 aliphatic heterocycles. The number of aromatic hydroxyl groups is 1. The normalized spacial score (nSPS) is 11.8. The number of phenols is 1. The van der Waals surface area contributed by atoms with Crippen LogP contribution in [0.25, 0.3) is 16.7 Å². The number of phenolic OH excluding ortho intramolecular Hbond substituents is 1. The van der Waals surface area contributed by atoms with Gasteiger partial charge in [0.15, 0.2) is 5.65 Å². The molecule has 2 aromatic carbocycles. The predicted molar refractivity (Wildman–Crippen MR) is 119 cm³/mol. The largest absolute Gasteiger partial charge is 0.508 e. The quantitative estimate of drug-likeness (QED) is 0.474. The van der Waals surface area contributed by atoms with Crippen molar-refractivity contribution in [3.63, 3.8) is 0 Å². The molecule has 0 atom stereocenters. The Hall–Kier alpha value is -2.91. The van der Waals surface area contributed by atoms with Crippen molar-refractivity contribution in [1.29, 1.82) is 0 Å². The summed E-state index contributed by atoms with van der Waals surface area (Å²) in [5, 5.41) is 10.2.